The monoisotopic (exact) mass is 254 g/mol. The Balaban J connectivity index is 1.69. The third-order valence-corrected chi connectivity index (χ3v) is 3.05. The molecule has 2 rings (SSSR count). The Kier molecular flexibility index (Phi) is 4.71. The van der Waals surface area contributed by atoms with E-state index in [-0.39, 0.29) is 0 Å². The molecule has 102 valence electrons. The fourth-order valence-electron chi connectivity index (χ4n) is 2.15. The number of hydrogen-bond donors (Lipinski definition) is 3. The third-order valence-electron chi connectivity index (χ3n) is 3.05. The van der Waals surface area contributed by atoms with E-state index in [1.165, 1.54) is 0 Å². The van der Waals surface area contributed by atoms with Crippen molar-refractivity contribution in [3.8, 4) is 0 Å². The second-order valence-electron chi connectivity index (χ2n) is 5.07. The summed E-state index contributed by atoms with van der Waals surface area (Å²) >= 11 is 0. The van der Waals surface area contributed by atoms with Gasteiger partial charge in [-0.3, -0.25) is 10.00 Å². The lowest BCUT2D eigenvalue weighted by molar-refractivity contribution is -0.0219. The lowest BCUT2D eigenvalue weighted by atomic mass is 10.1. The van der Waals surface area contributed by atoms with Gasteiger partial charge >= 0.3 is 0 Å². The fraction of sp³-hybridized carbons (Fsp3) is 0.750. The van der Waals surface area contributed by atoms with E-state index in [0.29, 0.717) is 19.6 Å². The minimum absolute atomic E-state index is 0.559. The lowest BCUT2D eigenvalue weighted by Gasteiger charge is -2.33. The van der Waals surface area contributed by atoms with E-state index in [1.54, 1.807) is 6.20 Å². The highest BCUT2D eigenvalue weighted by atomic mass is 16.5. The summed E-state index contributed by atoms with van der Waals surface area (Å²) in [7, 11) is 0. The smallest absolute Gasteiger partial charge is 0.0869 e. The van der Waals surface area contributed by atoms with Gasteiger partial charge in [-0.15, -0.1) is 0 Å². The molecule has 1 aliphatic heterocycles. The molecule has 1 unspecified atom stereocenters. The molecule has 0 spiro atoms. The van der Waals surface area contributed by atoms with Crippen LogP contribution in [0.25, 0.3) is 0 Å². The van der Waals surface area contributed by atoms with Crippen molar-refractivity contribution in [2.45, 2.75) is 19.1 Å². The van der Waals surface area contributed by atoms with Gasteiger partial charge in [-0.25, -0.2) is 0 Å². The SMILES string of the molecule is CC(O)(CNCc1ccn[nH]1)CN1CCOCC1. The van der Waals surface area contributed by atoms with Crippen LogP contribution in [0.5, 0.6) is 0 Å². The van der Waals surface area contributed by atoms with Gasteiger partial charge in [0.05, 0.1) is 18.8 Å². The predicted octanol–water partition coefficient (Wildman–Crippen LogP) is -0.417. The van der Waals surface area contributed by atoms with E-state index < -0.39 is 5.60 Å². The van der Waals surface area contributed by atoms with Crippen LogP contribution >= 0.6 is 0 Å². The number of aromatic nitrogens is 2. The summed E-state index contributed by atoms with van der Waals surface area (Å²) in [6.07, 6.45) is 1.73. The summed E-state index contributed by atoms with van der Waals surface area (Å²) in [6, 6.07) is 1.92. The molecule has 1 aromatic heterocycles. The van der Waals surface area contributed by atoms with Crippen molar-refractivity contribution in [1.82, 2.24) is 20.4 Å². The first kappa shape index (κ1) is 13.5. The van der Waals surface area contributed by atoms with E-state index in [2.05, 4.69) is 20.4 Å². The molecule has 0 radical (unpaired) electrons. The van der Waals surface area contributed by atoms with Crippen LogP contribution in [0.1, 0.15) is 12.6 Å². The fourth-order valence-corrected chi connectivity index (χ4v) is 2.15. The Morgan fingerprint density at radius 1 is 1.56 bits per heavy atom. The van der Waals surface area contributed by atoms with E-state index in [9.17, 15) is 5.11 Å². The minimum Gasteiger partial charge on any atom is -0.388 e. The van der Waals surface area contributed by atoms with Crippen molar-refractivity contribution in [2.24, 2.45) is 0 Å². The average Bonchev–Trinajstić information content (AvgIpc) is 2.82. The summed E-state index contributed by atoms with van der Waals surface area (Å²) in [6.45, 7) is 7.11. The number of nitrogens with zero attached hydrogens (tertiary/aromatic N) is 2. The number of β-amino-alcohol motifs (C(OH)–C–C–N with tert-alkyl or cyclic N) is 1. The zero-order valence-electron chi connectivity index (χ0n) is 10.9. The Morgan fingerprint density at radius 3 is 3.00 bits per heavy atom. The molecule has 0 saturated carbocycles. The third kappa shape index (κ3) is 4.38. The quantitative estimate of drug-likeness (QED) is 0.643. The lowest BCUT2D eigenvalue weighted by Crippen LogP contribution is -2.50. The zero-order valence-corrected chi connectivity index (χ0v) is 10.9. The topological polar surface area (TPSA) is 73.4 Å². The van der Waals surface area contributed by atoms with Gasteiger partial charge in [0.25, 0.3) is 0 Å². The largest absolute Gasteiger partial charge is 0.388 e. The van der Waals surface area contributed by atoms with Crippen LogP contribution < -0.4 is 5.32 Å². The molecule has 1 fully saturated rings. The first-order valence-electron chi connectivity index (χ1n) is 6.37. The van der Waals surface area contributed by atoms with Crippen LogP contribution in [0.4, 0.5) is 0 Å². The molecule has 3 N–H and O–H groups in total. The molecule has 1 aliphatic rings. The average molecular weight is 254 g/mol. The second kappa shape index (κ2) is 6.29. The van der Waals surface area contributed by atoms with Gasteiger partial charge in [-0.1, -0.05) is 0 Å². The van der Waals surface area contributed by atoms with Crippen molar-refractivity contribution in [3.63, 3.8) is 0 Å². The Hall–Kier alpha value is -0.950. The molecule has 0 aliphatic carbocycles. The molecule has 0 bridgehead atoms. The van der Waals surface area contributed by atoms with Crippen molar-refractivity contribution >= 4 is 0 Å². The number of hydrogen-bond acceptors (Lipinski definition) is 5. The normalized spacial score (nSPS) is 20.8. The highest BCUT2D eigenvalue weighted by Gasteiger charge is 2.24. The molecular formula is C12H22N4O2. The first-order valence-corrected chi connectivity index (χ1v) is 6.37. The summed E-state index contributed by atoms with van der Waals surface area (Å²) in [5, 5.41) is 20.3. The minimum atomic E-state index is -0.725. The van der Waals surface area contributed by atoms with Gasteiger partial charge < -0.3 is 15.2 Å². The maximum atomic E-state index is 10.3. The number of H-pyrrole nitrogens is 1. The highest BCUT2D eigenvalue weighted by molar-refractivity contribution is 4.97. The van der Waals surface area contributed by atoms with Gasteiger partial charge in [-0.2, -0.15) is 5.10 Å². The molecule has 1 aromatic rings. The van der Waals surface area contributed by atoms with Gasteiger partial charge in [-0.05, 0) is 13.0 Å². The molecule has 0 aromatic carbocycles. The summed E-state index contributed by atoms with van der Waals surface area (Å²) in [5.41, 5.74) is 0.300. The molecule has 2 heterocycles. The zero-order chi connectivity index (χ0) is 12.8. The van der Waals surface area contributed by atoms with Crippen molar-refractivity contribution in [3.05, 3.63) is 18.0 Å². The van der Waals surface area contributed by atoms with Crippen molar-refractivity contribution < 1.29 is 9.84 Å². The highest BCUT2D eigenvalue weighted by Crippen LogP contribution is 2.07. The number of aliphatic hydroxyl groups is 1. The van der Waals surface area contributed by atoms with Gasteiger partial charge in [0.1, 0.15) is 0 Å². The molecule has 6 heteroatoms. The van der Waals surface area contributed by atoms with Crippen molar-refractivity contribution in [1.29, 1.82) is 0 Å². The molecule has 1 atom stereocenters. The Labute approximate surface area is 107 Å². The molecule has 18 heavy (non-hydrogen) atoms. The molecule has 6 nitrogen and oxygen atoms in total. The van der Waals surface area contributed by atoms with E-state index in [0.717, 1.165) is 32.0 Å². The number of morpholine rings is 1. The predicted molar refractivity (Wildman–Crippen MR) is 68.2 cm³/mol. The summed E-state index contributed by atoms with van der Waals surface area (Å²) in [5.74, 6) is 0. The van der Waals surface area contributed by atoms with E-state index >= 15 is 0 Å². The Morgan fingerprint density at radius 2 is 2.33 bits per heavy atom. The van der Waals surface area contributed by atoms with Crippen LogP contribution in [0, 0.1) is 0 Å². The molecule has 0 amide bonds. The second-order valence-corrected chi connectivity index (χ2v) is 5.07. The number of nitrogens with one attached hydrogen (secondary N) is 2. The number of aromatic amines is 1. The van der Waals surface area contributed by atoms with Crippen LogP contribution in [0.3, 0.4) is 0 Å². The van der Waals surface area contributed by atoms with Crippen molar-refractivity contribution in [2.75, 3.05) is 39.4 Å². The van der Waals surface area contributed by atoms with Crippen LogP contribution in [0.2, 0.25) is 0 Å². The first-order chi connectivity index (χ1) is 8.66. The Bertz CT molecular complexity index is 334. The molecular weight excluding hydrogens is 232 g/mol. The number of rotatable bonds is 6. The van der Waals surface area contributed by atoms with Gasteiger partial charge in [0, 0.05) is 44.6 Å². The number of ether oxygens (including phenoxy) is 1. The van der Waals surface area contributed by atoms with E-state index in [1.807, 2.05) is 13.0 Å². The maximum absolute atomic E-state index is 10.3. The summed E-state index contributed by atoms with van der Waals surface area (Å²) in [4.78, 5) is 2.24. The summed E-state index contributed by atoms with van der Waals surface area (Å²) < 4.78 is 5.29. The molecule has 1 saturated heterocycles. The van der Waals surface area contributed by atoms with E-state index in [4.69, 9.17) is 4.74 Å². The van der Waals surface area contributed by atoms with Crippen LogP contribution in [-0.4, -0.2) is 65.2 Å². The van der Waals surface area contributed by atoms with Crippen LogP contribution in [-0.2, 0) is 11.3 Å². The van der Waals surface area contributed by atoms with Gasteiger partial charge in [0.15, 0.2) is 0 Å². The maximum Gasteiger partial charge on any atom is 0.0869 e. The van der Waals surface area contributed by atoms with Gasteiger partial charge in [0.2, 0.25) is 0 Å². The van der Waals surface area contributed by atoms with Crippen LogP contribution in [0.15, 0.2) is 12.3 Å². The standard InChI is InChI=1S/C12H22N4O2/c1-12(17,10-16-4-6-18-7-5-16)9-13-8-11-2-3-14-15-11/h2-3,13,17H,4-10H2,1H3,(H,14,15).